The molecule has 0 unspecified atom stereocenters. The Balaban J connectivity index is 1.79. The highest BCUT2D eigenvalue weighted by Crippen LogP contribution is 2.02. The van der Waals surface area contributed by atoms with Crippen molar-refractivity contribution in [1.82, 2.24) is 15.1 Å². The normalized spacial score (nSPS) is 16.6. The molecular weight excluding hydrogens is 250 g/mol. The lowest BCUT2D eigenvalue weighted by atomic mass is 10.3. The fraction of sp³-hybridized carbons (Fsp3) is 0.500. The predicted molar refractivity (Wildman–Crippen MR) is 72.2 cm³/mol. The zero-order chi connectivity index (χ0) is 13.0. The Hall–Kier alpha value is -1.40. The molecule has 1 N–H and O–H groups in total. The van der Waals surface area contributed by atoms with Crippen LogP contribution in [-0.2, 0) is 11.3 Å². The molecule has 1 aliphatic heterocycles. The van der Waals surface area contributed by atoms with Gasteiger partial charge in [0.1, 0.15) is 5.76 Å². The highest BCUT2D eigenvalue weighted by molar-refractivity contribution is 7.82. The molecule has 18 heavy (non-hydrogen) atoms. The molecular formula is C12H17N3O2S. The fourth-order valence-corrected chi connectivity index (χ4v) is 2.06. The average molecular weight is 267 g/mol. The number of hydrogen-bond donors (Lipinski definition) is 1. The number of carbonyl (C=O) groups excluding carboxylic acids is 1. The third-order valence-corrected chi connectivity index (χ3v) is 3.43. The highest BCUT2D eigenvalue weighted by atomic mass is 32.1. The van der Waals surface area contributed by atoms with Crippen LogP contribution in [0.4, 0.5) is 0 Å². The van der Waals surface area contributed by atoms with Crippen LogP contribution in [0.1, 0.15) is 5.76 Å². The van der Waals surface area contributed by atoms with Gasteiger partial charge in [0.05, 0.1) is 12.8 Å². The van der Waals surface area contributed by atoms with Gasteiger partial charge in [0.15, 0.2) is 4.99 Å². The summed E-state index contributed by atoms with van der Waals surface area (Å²) < 4.78 is 5.14. The summed E-state index contributed by atoms with van der Waals surface area (Å²) in [5.74, 6) is 0.524. The molecule has 0 aliphatic carbocycles. The first-order chi connectivity index (χ1) is 8.66. The Bertz CT molecular complexity index is 411. The summed E-state index contributed by atoms with van der Waals surface area (Å²) in [6.07, 6.45) is 1.58. The maximum Gasteiger partial charge on any atom is 0.279 e. The molecule has 1 amide bonds. The first-order valence-corrected chi connectivity index (χ1v) is 6.35. The second kappa shape index (κ2) is 5.97. The van der Waals surface area contributed by atoms with Crippen molar-refractivity contribution in [2.24, 2.45) is 0 Å². The van der Waals surface area contributed by atoms with Crippen LogP contribution in [0.2, 0.25) is 0 Å². The monoisotopic (exact) mass is 267 g/mol. The number of amides is 1. The third-order valence-electron chi connectivity index (χ3n) is 2.99. The summed E-state index contributed by atoms with van der Waals surface area (Å²) in [7, 11) is 2.07. The van der Waals surface area contributed by atoms with E-state index in [2.05, 4.69) is 17.3 Å². The number of hydrogen-bond acceptors (Lipinski definition) is 4. The minimum Gasteiger partial charge on any atom is -0.467 e. The SMILES string of the molecule is CN1CCN(C(=S)C(=O)NCc2ccco2)CC1. The summed E-state index contributed by atoms with van der Waals surface area (Å²) in [4.78, 5) is 16.4. The zero-order valence-electron chi connectivity index (χ0n) is 10.4. The number of piperazine rings is 1. The summed E-state index contributed by atoms with van der Waals surface area (Å²) in [6.45, 7) is 3.87. The van der Waals surface area contributed by atoms with E-state index >= 15 is 0 Å². The lowest BCUT2D eigenvalue weighted by Gasteiger charge is -2.33. The van der Waals surface area contributed by atoms with Crippen LogP contribution in [-0.4, -0.2) is 53.9 Å². The predicted octanol–water partition coefficient (Wildman–Crippen LogP) is 0.471. The van der Waals surface area contributed by atoms with E-state index in [1.807, 2.05) is 11.0 Å². The van der Waals surface area contributed by atoms with Gasteiger partial charge in [-0.2, -0.15) is 0 Å². The summed E-state index contributed by atoms with van der Waals surface area (Å²) in [5, 5.41) is 2.76. The van der Waals surface area contributed by atoms with Gasteiger partial charge in [0.2, 0.25) is 0 Å². The number of rotatable bonds is 2. The Morgan fingerprint density at radius 3 is 2.78 bits per heavy atom. The maximum absolute atomic E-state index is 11.9. The lowest BCUT2D eigenvalue weighted by molar-refractivity contribution is -0.115. The van der Waals surface area contributed by atoms with Gasteiger partial charge >= 0.3 is 0 Å². The van der Waals surface area contributed by atoms with E-state index in [0.717, 1.165) is 31.9 Å². The number of thiocarbonyl (C=S) groups is 1. The molecule has 0 aromatic carbocycles. The molecule has 0 spiro atoms. The molecule has 0 saturated carbocycles. The number of furan rings is 1. The van der Waals surface area contributed by atoms with Crippen LogP contribution in [0.5, 0.6) is 0 Å². The van der Waals surface area contributed by atoms with Crippen LogP contribution in [0.25, 0.3) is 0 Å². The van der Waals surface area contributed by atoms with Crippen molar-refractivity contribution in [2.75, 3.05) is 33.2 Å². The van der Waals surface area contributed by atoms with E-state index in [-0.39, 0.29) is 5.91 Å². The maximum atomic E-state index is 11.9. The molecule has 1 saturated heterocycles. The topological polar surface area (TPSA) is 48.7 Å². The molecule has 1 aromatic rings. The molecule has 0 radical (unpaired) electrons. The highest BCUT2D eigenvalue weighted by Gasteiger charge is 2.21. The van der Waals surface area contributed by atoms with Crippen molar-refractivity contribution in [2.45, 2.75) is 6.54 Å². The van der Waals surface area contributed by atoms with Crippen molar-refractivity contribution in [1.29, 1.82) is 0 Å². The zero-order valence-corrected chi connectivity index (χ0v) is 11.2. The van der Waals surface area contributed by atoms with Gasteiger partial charge in [0, 0.05) is 26.2 Å². The van der Waals surface area contributed by atoms with Crippen LogP contribution < -0.4 is 5.32 Å². The van der Waals surface area contributed by atoms with Gasteiger partial charge in [-0.3, -0.25) is 4.79 Å². The van der Waals surface area contributed by atoms with E-state index in [1.165, 1.54) is 0 Å². The van der Waals surface area contributed by atoms with Gasteiger partial charge in [-0.1, -0.05) is 12.2 Å². The van der Waals surface area contributed by atoms with Crippen molar-refractivity contribution in [3.05, 3.63) is 24.2 Å². The number of likely N-dealkylation sites (N-methyl/N-ethyl adjacent to an activating group) is 1. The fourth-order valence-electron chi connectivity index (χ4n) is 1.81. The van der Waals surface area contributed by atoms with Gasteiger partial charge in [-0.05, 0) is 19.2 Å². The molecule has 5 nitrogen and oxygen atoms in total. The number of nitrogens with zero attached hydrogens (tertiary/aromatic N) is 2. The van der Waals surface area contributed by atoms with E-state index in [9.17, 15) is 4.79 Å². The van der Waals surface area contributed by atoms with Crippen molar-refractivity contribution in [3.8, 4) is 0 Å². The molecule has 0 atom stereocenters. The molecule has 1 aliphatic rings. The molecule has 6 heteroatoms. The average Bonchev–Trinajstić information content (AvgIpc) is 2.89. The molecule has 1 aromatic heterocycles. The minimum atomic E-state index is -0.203. The Morgan fingerprint density at radius 1 is 1.44 bits per heavy atom. The molecule has 2 rings (SSSR count). The van der Waals surface area contributed by atoms with E-state index in [0.29, 0.717) is 11.5 Å². The molecule has 98 valence electrons. The first kappa shape index (κ1) is 13.0. The smallest absolute Gasteiger partial charge is 0.279 e. The molecule has 0 bridgehead atoms. The summed E-state index contributed by atoms with van der Waals surface area (Å²) in [5.41, 5.74) is 0. The summed E-state index contributed by atoms with van der Waals surface area (Å²) >= 11 is 5.19. The quantitative estimate of drug-likeness (QED) is 0.789. The van der Waals surface area contributed by atoms with Crippen LogP contribution >= 0.6 is 12.2 Å². The third kappa shape index (κ3) is 3.30. The first-order valence-electron chi connectivity index (χ1n) is 5.95. The lowest BCUT2D eigenvalue weighted by Crippen LogP contribution is -2.50. The molecule has 1 fully saturated rings. The van der Waals surface area contributed by atoms with E-state index in [4.69, 9.17) is 16.6 Å². The van der Waals surface area contributed by atoms with Crippen molar-refractivity contribution < 1.29 is 9.21 Å². The second-order valence-corrected chi connectivity index (χ2v) is 4.74. The van der Waals surface area contributed by atoms with E-state index < -0.39 is 0 Å². The van der Waals surface area contributed by atoms with Crippen LogP contribution in [0.3, 0.4) is 0 Å². The van der Waals surface area contributed by atoms with Gasteiger partial charge < -0.3 is 19.5 Å². The van der Waals surface area contributed by atoms with Crippen molar-refractivity contribution >= 4 is 23.1 Å². The van der Waals surface area contributed by atoms with Crippen molar-refractivity contribution in [3.63, 3.8) is 0 Å². The number of carbonyl (C=O) groups is 1. The van der Waals surface area contributed by atoms with Gasteiger partial charge in [0.25, 0.3) is 5.91 Å². The molecule has 2 heterocycles. The summed E-state index contributed by atoms with van der Waals surface area (Å²) in [6, 6.07) is 3.61. The Labute approximate surface area is 112 Å². The van der Waals surface area contributed by atoms with Gasteiger partial charge in [-0.15, -0.1) is 0 Å². The standard InChI is InChI=1S/C12H17N3O2S/c1-14-4-6-15(7-5-14)12(18)11(16)13-9-10-3-2-8-17-10/h2-3,8H,4-7,9H2,1H3,(H,13,16). The van der Waals surface area contributed by atoms with Crippen LogP contribution in [0, 0.1) is 0 Å². The second-order valence-electron chi connectivity index (χ2n) is 4.36. The largest absolute Gasteiger partial charge is 0.467 e. The van der Waals surface area contributed by atoms with E-state index in [1.54, 1.807) is 12.3 Å². The van der Waals surface area contributed by atoms with Gasteiger partial charge in [-0.25, -0.2) is 0 Å². The number of nitrogens with one attached hydrogen (secondary N) is 1. The minimum absolute atomic E-state index is 0.203. The van der Waals surface area contributed by atoms with Crippen LogP contribution in [0.15, 0.2) is 22.8 Å². The Kier molecular flexibility index (Phi) is 4.33. The Morgan fingerprint density at radius 2 is 2.17 bits per heavy atom.